The molecule has 1 N–H and O–H groups in total. The lowest BCUT2D eigenvalue weighted by atomic mass is 9.89. The van der Waals surface area contributed by atoms with Crippen LogP contribution >= 0.6 is 0 Å². The van der Waals surface area contributed by atoms with Crippen LogP contribution in [0.1, 0.15) is 41.3 Å². The van der Waals surface area contributed by atoms with E-state index in [1.54, 1.807) is 6.20 Å². The second kappa shape index (κ2) is 9.56. The maximum absolute atomic E-state index is 13.8. The second-order valence-electron chi connectivity index (χ2n) is 8.24. The fourth-order valence-electron chi connectivity index (χ4n) is 4.22. The Hall–Kier alpha value is -3.79. The van der Waals surface area contributed by atoms with Crippen molar-refractivity contribution in [2.45, 2.75) is 32.7 Å². The first-order valence-electron chi connectivity index (χ1n) is 10.9. The van der Waals surface area contributed by atoms with E-state index in [1.807, 2.05) is 54.3 Å². The molecule has 0 unspecified atom stereocenters. The van der Waals surface area contributed by atoms with Gasteiger partial charge in [0, 0.05) is 30.4 Å². The molecule has 1 aromatic carbocycles. The van der Waals surface area contributed by atoms with Gasteiger partial charge in [-0.1, -0.05) is 30.7 Å². The Kier molecular flexibility index (Phi) is 6.41. The molecular formula is C25H26N6O. The minimum Gasteiger partial charge on any atom is -0.352 e. The third-order valence-electron chi connectivity index (χ3n) is 5.97. The molecule has 2 atom stereocenters. The van der Waals surface area contributed by atoms with Crippen LogP contribution in [0.25, 0.3) is 11.3 Å². The van der Waals surface area contributed by atoms with Crippen LogP contribution in [0.15, 0.2) is 55.0 Å². The summed E-state index contributed by atoms with van der Waals surface area (Å²) in [6.45, 7) is 5.43. The third kappa shape index (κ3) is 4.59. The number of nitriles is 1. The van der Waals surface area contributed by atoms with E-state index in [2.05, 4.69) is 27.2 Å². The summed E-state index contributed by atoms with van der Waals surface area (Å²) in [5, 5.41) is 12.2. The number of rotatable bonds is 5. The van der Waals surface area contributed by atoms with Crippen LogP contribution in [0.5, 0.6) is 0 Å². The summed E-state index contributed by atoms with van der Waals surface area (Å²) in [5.74, 6) is 0.814. The number of piperidine rings is 1. The van der Waals surface area contributed by atoms with Gasteiger partial charge in [-0.2, -0.15) is 5.26 Å². The van der Waals surface area contributed by atoms with Gasteiger partial charge in [-0.05, 0) is 43.9 Å². The van der Waals surface area contributed by atoms with Gasteiger partial charge in [0.1, 0.15) is 6.07 Å². The molecule has 1 amide bonds. The van der Waals surface area contributed by atoms with E-state index in [1.165, 1.54) is 12.4 Å². The number of carbonyl (C=O) groups excluding carboxylic acids is 1. The average Bonchev–Trinajstić information content (AvgIpc) is 2.83. The van der Waals surface area contributed by atoms with Crippen LogP contribution < -0.4 is 5.32 Å². The maximum Gasteiger partial charge on any atom is 0.254 e. The van der Waals surface area contributed by atoms with Gasteiger partial charge in [0.25, 0.3) is 5.91 Å². The lowest BCUT2D eigenvalue weighted by Gasteiger charge is -2.40. The number of anilines is 1. The Bertz CT molecular complexity index is 1120. The maximum atomic E-state index is 13.8. The molecule has 1 aliphatic heterocycles. The molecule has 7 heteroatoms. The van der Waals surface area contributed by atoms with E-state index >= 15 is 0 Å². The molecule has 7 nitrogen and oxygen atoms in total. The van der Waals surface area contributed by atoms with Gasteiger partial charge in [0.15, 0.2) is 0 Å². The number of benzene rings is 1. The van der Waals surface area contributed by atoms with Crippen molar-refractivity contribution >= 4 is 11.9 Å². The molecule has 0 aliphatic carbocycles. The highest BCUT2D eigenvalue weighted by atomic mass is 16.2. The summed E-state index contributed by atoms with van der Waals surface area (Å²) in [6.07, 6.45) is 6.77. The van der Waals surface area contributed by atoms with Crippen LogP contribution in [-0.4, -0.2) is 44.9 Å². The van der Waals surface area contributed by atoms with E-state index < -0.39 is 0 Å². The van der Waals surface area contributed by atoms with Crippen LogP contribution in [-0.2, 0) is 0 Å². The molecular weight excluding hydrogens is 400 g/mol. The van der Waals surface area contributed by atoms with Gasteiger partial charge in [0.2, 0.25) is 5.95 Å². The van der Waals surface area contributed by atoms with Gasteiger partial charge in [-0.3, -0.25) is 9.78 Å². The van der Waals surface area contributed by atoms with E-state index in [0.29, 0.717) is 36.1 Å². The molecule has 1 saturated heterocycles. The van der Waals surface area contributed by atoms with Crippen molar-refractivity contribution in [3.05, 3.63) is 71.7 Å². The van der Waals surface area contributed by atoms with Crippen LogP contribution in [0.2, 0.25) is 0 Å². The molecule has 3 heterocycles. The summed E-state index contributed by atoms with van der Waals surface area (Å²) in [5.41, 5.74) is 3.78. The first-order valence-corrected chi connectivity index (χ1v) is 10.9. The normalized spacial score (nSPS) is 18.1. The largest absolute Gasteiger partial charge is 0.352 e. The Morgan fingerprint density at radius 1 is 1.22 bits per heavy atom. The van der Waals surface area contributed by atoms with Crippen molar-refractivity contribution in [3.63, 3.8) is 0 Å². The number of hydrogen-bond acceptors (Lipinski definition) is 6. The number of amides is 1. The third-order valence-corrected chi connectivity index (χ3v) is 5.97. The van der Waals surface area contributed by atoms with Gasteiger partial charge >= 0.3 is 0 Å². The van der Waals surface area contributed by atoms with E-state index in [9.17, 15) is 4.79 Å². The summed E-state index contributed by atoms with van der Waals surface area (Å²) in [6, 6.07) is 13.7. The SMILES string of the molecule is Cc1ccc(-c2ccccn2)c(C(=O)N2CCC[C@@H](C)[C@H]2CNc2ncc(C#N)cn2)c1. The summed E-state index contributed by atoms with van der Waals surface area (Å²) >= 11 is 0. The highest BCUT2D eigenvalue weighted by Gasteiger charge is 2.33. The van der Waals surface area contributed by atoms with Crippen LogP contribution in [0.3, 0.4) is 0 Å². The monoisotopic (exact) mass is 426 g/mol. The standard InChI is InChI=1S/C25H26N6O/c1-17-8-9-20(22-7-3-4-10-27-22)21(12-17)24(32)31-11-5-6-18(2)23(31)16-30-25-28-14-19(13-26)15-29-25/h3-4,7-10,12,14-15,18,23H,5-6,11,16H2,1-2H3,(H,28,29,30)/t18-,23-/m1/s1. The molecule has 2 aromatic heterocycles. The fraction of sp³-hybridized carbons (Fsp3) is 0.320. The summed E-state index contributed by atoms with van der Waals surface area (Å²) in [4.78, 5) is 28.6. The topological polar surface area (TPSA) is 94.8 Å². The average molecular weight is 427 g/mol. The molecule has 32 heavy (non-hydrogen) atoms. The predicted octanol–water partition coefficient (Wildman–Crippen LogP) is 4.07. The summed E-state index contributed by atoms with van der Waals surface area (Å²) < 4.78 is 0. The number of aromatic nitrogens is 3. The molecule has 0 spiro atoms. The smallest absolute Gasteiger partial charge is 0.254 e. The van der Waals surface area contributed by atoms with Gasteiger partial charge in [-0.25, -0.2) is 9.97 Å². The molecule has 0 saturated carbocycles. The first-order chi connectivity index (χ1) is 15.6. The van der Waals surface area contributed by atoms with E-state index in [0.717, 1.165) is 29.7 Å². The number of carbonyl (C=O) groups is 1. The molecule has 3 aromatic rings. The van der Waals surface area contributed by atoms with Gasteiger partial charge in [-0.15, -0.1) is 0 Å². The zero-order chi connectivity index (χ0) is 22.5. The van der Waals surface area contributed by atoms with E-state index in [4.69, 9.17) is 5.26 Å². The number of hydrogen-bond donors (Lipinski definition) is 1. The molecule has 0 bridgehead atoms. The highest BCUT2D eigenvalue weighted by molar-refractivity contribution is 6.01. The lowest BCUT2D eigenvalue weighted by molar-refractivity contribution is 0.0540. The first kappa shape index (κ1) is 21.4. The van der Waals surface area contributed by atoms with Crippen LogP contribution in [0.4, 0.5) is 5.95 Å². The number of pyridine rings is 1. The Labute approximate surface area is 188 Å². The molecule has 4 rings (SSSR count). The Morgan fingerprint density at radius 3 is 2.75 bits per heavy atom. The fourth-order valence-corrected chi connectivity index (χ4v) is 4.22. The Balaban J connectivity index is 1.60. The van der Waals surface area contributed by atoms with Crippen molar-refractivity contribution in [2.75, 3.05) is 18.4 Å². The molecule has 1 aliphatic rings. The number of nitrogens with zero attached hydrogens (tertiary/aromatic N) is 5. The zero-order valence-electron chi connectivity index (χ0n) is 18.3. The minimum absolute atomic E-state index is 0.00703. The highest BCUT2D eigenvalue weighted by Crippen LogP contribution is 2.29. The second-order valence-corrected chi connectivity index (χ2v) is 8.24. The number of likely N-dealkylation sites (tertiary alicyclic amines) is 1. The summed E-state index contributed by atoms with van der Waals surface area (Å²) in [7, 11) is 0. The van der Waals surface area contributed by atoms with Crippen molar-refractivity contribution in [1.82, 2.24) is 19.9 Å². The van der Waals surface area contributed by atoms with Crippen molar-refractivity contribution in [1.29, 1.82) is 5.26 Å². The Morgan fingerprint density at radius 2 is 2.03 bits per heavy atom. The van der Waals surface area contributed by atoms with E-state index in [-0.39, 0.29) is 11.9 Å². The molecule has 0 radical (unpaired) electrons. The number of nitrogens with one attached hydrogen (secondary N) is 1. The zero-order valence-corrected chi connectivity index (χ0v) is 18.3. The number of aryl methyl sites for hydroxylation is 1. The van der Waals surface area contributed by atoms with Crippen LogP contribution in [0, 0.1) is 24.2 Å². The molecule has 162 valence electrons. The van der Waals surface area contributed by atoms with Crippen molar-refractivity contribution < 1.29 is 4.79 Å². The minimum atomic E-state index is 0.00703. The predicted molar refractivity (Wildman–Crippen MR) is 123 cm³/mol. The van der Waals surface area contributed by atoms with Crippen molar-refractivity contribution in [2.24, 2.45) is 5.92 Å². The van der Waals surface area contributed by atoms with Gasteiger partial charge in [0.05, 0.1) is 29.7 Å². The van der Waals surface area contributed by atoms with Gasteiger partial charge < -0.3 is 10.2 Å². The lowest BCUT2D eigenvalue weighted by Crippen LogP contribution is -2.51. The van der Waals surface area contributed by atoms with Crippen molar-refractivity contribution in [3.8, 4) is 17.3 Å². The quantitative estimate of drug-likeness (QED) is 0.661. The molecule has 1 fully saturated rings.